The van der Waals surface area contributed by atoms with Crippen LogP contribution in [0.15, 0.2) is 5.10 Å². The van der Waals surface area contributed by atoms with Crippen molar-refractivity contribution in [2.75, 3.05) is 12.0 Å². The van der Waals surface area contributed by atoms with Gasteiger partial charge in [0.25, 0.3) is 5.95 Å². The van der Waals surface area contributed by atoms with Gasteiger partial charge in [0, 0.05) is 5.71 Å². The standard InChI is InChI=1S/C7H12N6O2/c1-3-15-6(14)4-5(2)8-9-7-10-12-13-11-7/h3-4H2,1-2H3,(H2,9,10,11,12,13)/b8-5+. The number of rotatable bonds is 5. The van der Waals surface area contributed by atoms with Crippen LogP contribution in [0, 0.1) is 0 Å². The number of carbonyl (C=O) groups excluding carboxylic acids is 1. The molecular formula is C7H12N6O2. The Balaban J connectivity index is 2.36. The summed E-state index contributed by atoms with van der Waals surface area (Å²) in [7, 11) is 0. The summed E-state index contributed by atoms with van der Waals surface area (Å²) >= 11 is 0. The van der Waals surface area contributed by atoms with Gasteiger partial charge >= 0.3 is 5.97 Å². The Kier molecular flexibility index (Phi) is 4.20. The predicted molar refractivity (Wildman–Crippen MR) is 52.2 cm³/mol. The smallest absolute Gasteiger partial charge is 0.311 e. The van der Waals surface area contributed by atoms with E-state index in [0.29, 0.717) is 12.3 Å². The maximum Gasteiger partial charge on any atom is 0.311 e. The number of ether oxygens (including phenoxy) is 1. The van der Waals surface area contributed by atoms with Crippen molar-refractivity contribution in [2.24, 2.45) is 5.10 Å². The van der Waals surface area contributed by atoms with E-state index in [0.717, 1.165) is 0 Å². The lowest BCUT2D eigenvalue weighted by molar-refractivity contribution is -0.141. The van der Waals surface area contributed by atoms with Gasteiger partial charge in [0.15, 0.2) is 0 Å². The third kappa shape index (κ3) is 4.16. The topological polar surface area (TPSA) is 105 Å². The molecule has 0 atom stereocenters. The molecular weight excluding hydrogens is 200 g/mol. The average Bonchev–Trinajstić information content (AvgIpc) is 2.67. The van der Waals surface area contributed by atoms with Crippen LogP contribution >= 0.6 is 0 Å². The molecule has 82 valence electrons. The number of aromatic amines is 1. The Hall–Kier alpha value is -1.99. The number of nitrogens with zero attached hydrogens (tertiary/aromatic N) is 4. The van der Waals surface area contributed by atoms with Gasteiger partial charge in [-0.3, -0.25) is 4.79 Å². The van der Waals surface area contributed by atoms with Crippen molar-refractivity contribution in [1.82, 2.24) is 20.6 Å². The van der Waals surface area contributed by atoms with E-state index < -0.39 is 0 Å². The van der Waals surface area contributed by atoms with Crippen molar-refractivity contribution in [3.63, 3.8) is 0 Å². The number of carbonyl (C=O) groups is 1. The molecule has 0 aromatic carbocycles. The Morgan fingerprint density at radius 2 is 2.47 bits per heavy atom. The van der Waals surface area contributed by atoms with Crippen molar-refractivity contribution in [3.8, 4) is 0 Å². The summed E-state index contributed by atoms with van der Waals surface area (Å²) in [5.74, 6) is -0.0631. The fraction of sp³-hybridized carbons (Fsp3) is 0.571. The molecule has 1 aromatic rings. The van der Waals surface area contributed by atoms with E-state index in [9.17, 15) is 4.79 Å². The fourth-order valence-corrected chi connectivity index (χ4v) is 0.815. The van der Waals surface area contributed by atoms with Gasteiger partial charge in [0.2, 0.25) is 0 Å². The lowest BCUT2D eigenvalue weighted by atomic mass is 10.3. The second kappa shape index (κ2) is 5.68. The normalized spacial score (nSPS) is 11.2. The third-order valence-corrected chi connectivity index (χ3v) is 1.40. The molecule has 0 unspecified atom stereocenters. The summed E-state index contributed by atoms with van der Waals surface area (Å²) in [5, 5.41) is 16.7. The van der Waals surface area contributed by atoms with Crippen LogP contribution in [-0.2, 0) is 9.53 Å². The summed E-state index contributed by atoms with van der Waals surface area (Å²) in [5.41, 5.74) is 3.12. The largest absolute Gasteiger partial charge is 0.466 e. The van der Waals surface area contributed by atoms with Crippen LogP contribution < -0.4 is 5.43 Å². The Morgan fingerprint density at radius 3 is 3.07 bits per heavy atom. The molecule has 0 aliphatic carbocycles. The highest BCUT2D eigenvalue weighted by atomic mass is 16.5. The minimum Gasteiger partial charge on any atom is -0.466 e. The SMILES string of the molecule is CCOC(=O)C/C(C)=N/Nc1nn[nH]n1. The van der Waals surface area contributed by atoms with Crippen LogP contribution in [0.5, 0.6) is 0 Å². The van der Waals surface area contributed by atoms with Gasteiger partial charge < -0.3 is 4.74 Å². The number of anilines is 1. The van der Waals surface area contributed by atoms with E-state index in [1.807, 2.05) is 0 Å². The predicted octanol–water partition coefficient (Wildman–Crippen LogP) is -0.0593. The van der Waals surface area contributed by atoms with Crippen LogP contribution in [0.1, 0.15) is 20.3 Å². The van der Waals surface area contributed by atoms with Crippen LogP contribution in [0.25, 0.3) is 0 Å². The molecule has 2 N–H and O–H groups in total. The Morgan fingerprint density at radius 1 is 1.67 bits per heavy atom. The zero-order valence-electron chi connectivity index (χ0n) is 8.52. The van der Waals surface area contributed by atoms with E-state index in [-0.39, 0.29) is 18.3 Å². The molecule has 0 aliphatic heterocycles. The minimum atomic E-state index is -0.311. The third-order valence-electron chi connectivity index (χ3n) is 1.40. The molecule has 0 aliphatic rings. The molecule has 0 radical (unpaired) electrons. The zero-order chi connectivity index (χ0) is 11.1. The van der Waals surface area contributed by atoms with Crippen molar-refractivity contribution in [1.29, 1.82) is 0 Å². The molecule has 1 aromatic heterocycles. The molecule has 0 saturated heterocycles. The van der Waals surface area contributed by atoms with E-state index in [2.05, 4.69) is 31.2 Å². The lowest BCUT2D eigenvalue weighted by Gasteiger charge is -2.00. The Labute approximate surface area is 86.1 Å². The molecule has 1 rings (SSSR count). The van der Waals surface area contributed by atoms with Crippen molar-refractivity contribution in [2.45, 2.75) is 20.3 Å². The molecule has 8 nitrogen and oxygen atoms in total. The van der Waals surface area contributed by atoms with Gasteiger partial charge in [-0.25, -0.2) is 5.43 Å². The fourth-order valence-electron chi connectivity index (χ4n) is 0.815. The van der Waals surface area contributed by atoms with Crippen LogP contribution in [0.2, 0.25) is 0 Å². The average molecular weight is 212 g/mol. The summed E-state index contributed by atoms with van der Waals surface area (Å²) in [6.45, 7) is 3.82. The molecule has 0 saturated carbocycles. The van der Waals surface area contributed by atoms with Gasteiger partial charge in [-0.1, -0.05) is 5.10 Å². The van der Waals surface area contributed by atoms with Gasteiger partial charge in [-0.2, -0.15) is 10.3 Å². The highest BCUT2D eigenvalue weighted by molar-refractivity contribution is 5.97. The molecule has 15 heavy (non-hydrogen) atoms. The number of hydrazone groups is 1. The lowest BCUT2D eigenvalue weighted by Crippen LogP contribution is -2.10. The second-order valence-corrected chi connectivity index (χ2v) is 2.68. The van der Waals surface area contributed by atoms with Crippen molar-refractivity contribution in [3.05, 3.63) is 0 Å². The van der Waals surface area contributed by atoms with E-state index in [1.165, 1.54) is 0 Å². The maximum absolute atomic E-state index is 11.0. The van der Waals surface area contributed by atoms with Gasteiger partial charge in [-0.05, 0) is 19.1 Å². The Bertz CT molecular complexity index is 333. The first kappa shape index (κ1) is 11.1. The van der Waals surface area contributed by atoms with Crippen LogP contribution in [0.3, 0.4) is 0 Å². The number of tetrazole rings is 1. The van der Waals surface area contributed by atoms with Gasteiger partial charge in [-0.15, -0.1) is 5.10 Å². The molecule has 0 amide bonds. The van der Waals surface area contributed by atoms with Crippen LogP contribution in [-0.4, -0.2) is 38.9 Å². The van der Waals surface area contributed by atoms with Crippen molar-refractivity contribution >= 4 is 17.6 Å². The molecule has 1 heterocycles. The highest BCUT2D eigenvalue weighted by Gasteiger charge is 2.04. The summed E-state index contributed by atoms with van der Waals surface area (Å²) in [4.78, 5) is 11.0. The maximum atomic E-state index is 11.0. The monoisotopic (exact) mass is 212 g/mol. The number of esters is 1. The van der Waals surface area contributed by atoms with E-state index in [1.54, 1.807) is 13.8 Å². The number of aromatic nitrogens is 4. The highest BCUT2D eigenvalue weighted by Crippen LogP contribution is 1.94. The van der Waals surface area contributed by atoms with Gasteiger partial charge in [0.05, 0.1) is 13.0 Å². The van der Waals surface area contributed by atoms with Gasteiger partial charge in [0.1, 0.15) is 0 Å². The summed E-state index contributed by atoms with van der Waals surface area (Å²) < 4.78 is 4.75. The first-order chi connectivity index (χ1) is 7.22. The van der Waals surface area contributed by atoms with Crippen LogP contribution in [0.4, 0.5) is 5.95 Å². The number of H-pyrrole nitrogens is 1. The molecule has 8 heteroatoms. The minimum absolute atomic E-state index is 0.138. The first-order valence-electron chi connectivity index (χ1n) is 4.40. The van der Waals surface area contributed by atoms with E-state index in [4.69, 9.17) is 4.74 Å². The zero-order valence-corrected chi connectivity index (χ0v) is 8.52. The quantitative estimate of drug-likeness (QED) is 0.402. The first-order valence-corrected chi connectivity index (χ1v) is 4.40. The molecule has 0 bridgehead atoms. The molecule has 0 spiro atoms. The number of hydrogen-bond donors (Lipinski definition) is 2. The summed E-state index contributed by atoms with van der Waals surface area (Å²) in [6, 6.07) is 0. The second-order valence-electron chi connectivity index (χ2n) is 2.68. The van der Waals surface area contributed by atoms with Crippen molar-refractivity contribution < 1.29 is 9.53 Å². The van der Waals surface area contributed by atoms with E-state index >= 15 is 0 Å². The number of hydrogen-bond acceptors (Lipinski definition) is 7. The number of nitrogens with one attached hydrogen (secondary N) is 2. The molecule has 0 fully saturated rings. The summed E-state index contributed by atoms with van der Waals surface area (Å²) in [6.07, 6.45) is 0.138.